The average Bonchev–Trinajstić information content (AvgIpc) is 2.24. The topological polar surface area (TPSA) is 48.6 Å². The molecule has 0 unspecified atom stereocenters. The number of halogens is 1. The first kappa shape index (κ1) is 9.79. The zero-order chi connectivity index (χ0) is 10.8. The molecule has 0 atom stereocenters. The van der Waals surface area contributed by atoms with Crippen LogP contribution in [0.15, 0.2) is 35.1 Å². The summed E-state index contributed by atoms with van der Waals surface area (Å²) < 4.78 is 13.6. The lowest BCUT2D eigenvalue weighted by molar-refractivity contribution is 0.603. The fraction of sp³-hybridized carbons (Fsp3) is 0. The first-order chi connectivity index (χ1) is 7.18. The van der Waals surface area contributed by atoms with E-state index in [4.69, 9.17) is 12.2 Å². The van der Waals surface area contributed by atoms with Gasteiger partial charge in [-0.05, 0) is 12.2 Å². The molecule has 0 bridgehead atoms. The van der Waals surface area contributed by atoms with E-state index in [0.29, 0.717) is 5.56 Å². The molecule has 3 nitrogen and oxygen atoms in total. The van der Waals surface area contributed by atoms with Crippen LogP contribution < -0.4 is 5.56 Å². The molecule has 76 valence electrons. The summed E-state index contributed by atoms with van der Waals surface area (Å²) in [6.07, 6.45) is 0. The molecule has 0 fully saturated rings. The summed E-state index contributed by atoms with van der Waals surface area (Å²) in [5.74, 6) is -0.852. The fourth-order valence-electron chi connectivity index (χ4n) is 1.27. The minimum Gasteiger partial charge on any atom is -0.329 e. The first-order valence-electron chi connectivity index (χ1n) is 4.26. The molecule has 2 aromatic rings. The van der Waals surface area contributed by atoms with Crippen LogP contribution in [0.2, 0.25) is 0 Å². The molecule has 0 spiro atoms. The van der Waals surface area contributed by atoms with Crippen molar-refractivity contribution in [1.82, 2.24) is 9.97 Å². The van der Waals surface area contributed by atoms with Crippen LogP contribution in [0.4, 0.5) is 4.39 Å². The van der Waals surface area contributed by atoms with Crippen LogP contribution in [0.5, 0.6) is 0 Å². The quantitative estimate of drug-likeness (QED) is 0.727. The van der Waals surface area contributed by atoms with Crippen molar-refractivity contribution in [3.63, 3.8) is 0 Å². The van der Waals surface area contributed by atoms with Crippen LogP contribution in [0, 0.1) is 10.6 Å². The number of benzene rings is 1. The Morgan fingerprint density at radius 2 is 1.80 bits per heavy atom. The Morgan fingerprint density at radius 3 is 2.47 bits per heavy atom. The van der Waals surface area contributed by atoms with Gasteiger partial charge in [-0.3, -0.25) is 9.78 Å². The Kier molecular flexibility index (Phi) is 2.47. The van der Waals surface area contributed by atoms with E-state index >= 15 is 0 Å². The molecule has 15 heavy (non-hydrogen) atoms. The number of hydrogen-bond acceptors (Lipinski definition) is 2. The molecule has 1 aromatic heterocycles. The van der Waals surface area contributed by atoms with Crippen molar-refractivity contribution in [1.29, 1.82) is 0 Å². The normalized spacial score (nSPS) is 10.2. The summed E-state index contributed by atoms with van der Waals surface area (Å²) in [7, 11) is 0. The summed E-state index contributed by atoms with van der Waals surface area (Å²) in [5.41, 5.74) is -0.103. The minimum absolute atomic E-state index is 0.111. The highest BCUT2D eigenvalue weighted by Crippen LogP contribution is 2.16. The van der Waals surface area contributed by atoms with Gasteiger partial charge in [0.1, 0.15) is 0 Å². The van der Waals surface area contributed by atoms with Gasteiger partial charge in [-0.25, -0.2) is 0 Å². The van der Waals surface area contributed by atoms with E-state index in [1.807, 2.05) is 6.07 Å². The van der Waals surface area contributed by atoms with E-state index in [-0.39, 0.29) is 10.5 Å². The molecule has 0 amide bonds. The Hall–Kier alpha value is -1.75. The van der Waals surface area contributed by atoms with Gasteiger partial charge in [0.2, 0.25) is 5.82 Å². The highest BCUT2D eigenvalue weighted by atomic mass is 32.1. The number of rotatable bonds is 1. The molecule has 1 heterocycles. The second-order valence-corrected chi connectivity index (χ2v) is 3.37. The van der Waals surface area contributed by atoms with Crippen molar-refractivity contribution in [3.8, 4) is 11.3 Å². The van der Waals surface area contributed by atoms with E-state index in [9.17, 15) is 9.18 Å². The predicted molar refractivity (Wildman–Crippen MR) is 57.6 cm³/mol. The third-order valence-corrected chi connectivity index (χ3v) is 2.15. The second kappa shape index (κ2) is 3.78. The summed E-state index contributed by atoms with van der Waals surface area (Å²) in [6, 6.07) is 8.72. The molecular weight excluding hydrogens is 215 g/mol. The lowest BCUT2D eigenvalue weighted by Gasteiger charge is -2.01. The van der Waals surface area contributed by atoms with E-state index < -0.39 is 11.4 Å². The number of aromatic nitrogens is 2. The third-order valence-electron chi connectivity index (χ3n) is 1.95. The molecule has 0 radical (unpaired) electrons. The van der Waals surface area contributed by atoms with Gasteiger partial charge >= 0.3 is 0 Å². The van der Waals surface area contributed by atoms with Crippen molar-refractivity contribution in [2.75, 3.05) is 0 Å². The van der Waals surface area contributed by atoms with E-state index in [0.717, 1.165) is 0 Å². The molecule has 2 rings (SSSR count). The van der Waals surface area contributed by atoms with Crippen molar-refractivity contribution in [3.05, 3.63) is 51.3 Å². The maximum atomic E-state index is 13.4. The summed E-state index contributed by atoms with van der Waals surface area (Å²) in [4.78, 5) is 15.9. The molecule has 1 aromatic carbocycles. The lowest BCUT2D eigenvalue weighted by Crippen LogP contribution is -2.13. The number of hydrogen-bond donors (Lipinski definition) is 2. The van der Waals surface area contributed by atoms with Crippen LogP contribution in [0.3, 0.4) is 0 Å². The minimum atomic E-state index is -0.852. The Balaban J connectivity index is 2.74. The number of aromatic amines is 2. The van der Waals surface area contributed by atoms with Crippen molar-refractivity contribution in [2.45, 2.75) is 0 Å². The van der Waals surface area contributed by atoms with E-state index in [1.165, 1.54) is 0 Å². The van der Waals surface area contributed by atoms with Crippen LogP contribution in [-0.2, 0) is 0 Å². The molecule has 2 N–H and O–H groups in total. The zero-order valence-electron chi connectivity index (χ0n) is 7.58. The molecule has 0 aliphatic carbocycles. The number of nitrogens with one attached hydrogen (secondary N) is 2. The van der Waals surface area contributed by atoms with Crippen molar-refractivity contribution >= 4 is 12.2 Å². The van der Waals surface area contributed by atoms with Crippen molar-refractivity contribution in [2.24, 2.45) is 0 Å². The SMILES string of the molecule is O=c1[nH]c(=S)[nH]c(-c2ccccc2)c1F. The zero-order valence-corrected chi connectivity index (χ0v) is 8.40. The molecule has 0 aliphatic rings. The van der Waals surface area contributed by atoms with Crippen molar-refractivity contribution < 1.29 is 4.39 Å². The maximum Gasteiger partial charge on any atom is 0.288 e. The fourth-order valence-corrected chi connectivity index (χ4v) is 1.47. The highest BCUT2D eigenvalue weighted by Gasteiger charge is 2.08. The summed E-state index contributed by atoms with van der Waals surface area (Å²) in [5, 5.41) is 0. The van der Waals surface area contributed by atoms with Gasteiger partial charge in [-0.2, -0.15) is 4.39 Å². The molecule has 5 heteroatoms. The monoisotopic (exact) mass is 222 g/mol. The van der Waals surface area contributed by atoms with Gasteiger partial charge in [-0.15, -0.1) is 0 Å². The molecule has 0 saturated heterocycles. The smallest absolute Gasteiger partial charge is 0.288 e. The average molecular weight is 222 g/mol. The Morgan fingerprint density at radius 1 is 1.13 bits per heavy atom. The molecule has 0 aliphatic heterocycles. The van der Waals surface area contributed by atoms with Gasteiger partial charge in [0, 0.05) is 5.56 Å². The Bertz CT molecular complexity index is 588. The predicted octanol–water partition coefficient (Wildman–Crippen LogP) is 2.24. The summed E-state index contributed by atoms with van der Waals surface area (Å²) in [6.45, 7) is 0. The van der Waals surface area contributed by atoms with Gasteiger partial charge < -0.3 is 4.98 Å². The van der Waals surface area contributed by atoms with Crippen LogP contribution in [0.25, 0.3) is 11.3 Å². The van der Waals surface area contributed by atoms with Gasteiger partial charge in [0.15, 0.2) is 4.77 Å². The third kappa shape index (κ3) is 1.87. The Labute approximate surface area is 89.6 Å². The standard InChI is InChI=1S/C10H7FN2OS/c11-7-8(6-4-2-1-3-5-6)12-10(15)13-9(7)14/h1-5H,(H2,12,13,14,15). The van der Waals surface area contributed by atoms with Gasteiger partial charge in [0.25, 0.3) is 5.56 Å². The second-order valence-electron chi connectivity index (χ2n) is 2.96. The van der Waals surface area contributed by atoms with Crippen LogP contribution in [-0.4, -0.2) is 9.97 Å². The molecule has 0 saturated carbocycles. The largest absolute Gasteiger partial charge is 0.329 e. The first-order valence-corrected chi connectivity index (χ1v) is 4.67. The highest BCUT2D eigenvalue weighted by molar-refractivity contribution is 7.71. The number of H-pyrrole nitrogens is 2. The molecular formula is C10H7FN2OS. The van der Waals surface area contributed by atoms with Crippen LogP contribution >= 0.6 is 12.2 Å². The van der Waals surface area contributed by atoms with E-state index in [2.05, 4.69) is 9.97 Å². The van der Waals surface area contributed by atoms with Gasteiger partial charge in [0.05, 0.1) is 5.69 Å². The maximum absolute atomic E-state index is 13.4. The lowest BCUT2D eigenvalue weighted by atomic mass is 10.1. The van der Waals surface area contributed by atoms with Gasteiger partial charge in [-0.1, -0.05) is 30.3 Å². The van der Waals surface area contributed by atoms with E-state index in [1.54, 1.807) is 24.3 Å². The summed E-state index contributed by atoms with van der Waals surface area (Å²) >= 11 is 4.77. The van der Waals surface area contributed by atoms with Crippen LogP contribution in [0.1, 0.15) is 0 Å².